The van der Waals surface area contributed by atoms with Gasteiger partial charge in [-0.3, -0.25) is 0 Å². The molecule has 1 saturated carbocycles. The molecule has 24 heavy (non-hydrogen) atoms. The van der Waals surface area contributed by atoms with Crippen LogP contribution in [0.4, 0.5) is 0 Å². The number of aliphatic hydroxyl groups excluding tert-OH is 1. The van der Waals surface area contributed by atoms with Crippen LogP contribution in [0.25, 0.3) is 0 Å². The average molecular weight is 331 g/mol. The van der Waals surface area contributed by atoms with E-state index in [0.29, 0.717) is 18.2 Å². The van der Waals surface area contributed by atoms with Crippen molar-refractivity contribution >= 4 is 0 Å². The van der Waals surface area contributed by atoms with Crippen LogP contribution in [0.1, 0.15) is 19.3 Å². The van der Waals surface area contributed by atoms with E-state index in [1.165, 1.54) is 12.7 Å². The topological polar surface area (TPSA) is 71.4 Å². The molecule has 2 fully saturated rings. The van der Waals surface area contributed by atoms with E-state index in [0.717, 1.165) is 25.0 Å². The maximum Gasteiger partial charge on any atom is 0.262 e. The quantitative estimate of drug-likeness (QED) is 0.350. The van der Waals surface area contributed by atoms with Gasteiger partial charge < -0.3 is 19.5 Å². The van der Waals surface area contributed by atoms with Crippen LogP contribution in [0.3, 0.4) is 0 Å². The first-order chi connectivity index (χ1) is 11.6. The lowest BCUT2D eigenvalue weighted by Gasteiger charge is -2.56. The Kier molecular flexibility index (Phi) is 2.79. The third kappa shape index (κ3) is 1.43. The molecule has 0 radical (unpaired) electrons. The number of likely N-dealkylation sites (tertiary alicyclic amines) is 1. The van der Waals surface area contributed by atoms with Crippen LogP contribution in [0.2, 0.25) is 0 Å². The smallest absolute Gasteiger partial charge is 0.262 e. The molecule has 2 aliphatic heterocycles. The van der Waals surface area contributed by atoms with Crippen molar-refractivity contribution in [2.24, 2.45) is 11.3 Å². The average Bonchev–Trinajstić information content (AvgIpc) is 2.96. The Hall–Kier alpha value is -1.56. The second-order valence-corrected chi connectivity index (χ2v) is 7.45. The van der Waals surface area contributed by atoms with Crippen molar-refractivity contribution in [1.82, 2.24) is 4.90 Å². The molecule has 5 rings (SSSR count). The van der Waals surface area contributed by atoms with E-state index in [2.05, 4.69) is 23.8 Å². The maximum absolute atomic E-state index is 10.5. The minimum atomic E-state index is -1.33. The fourth-order valence-corrected chi connectivity index (χ4v) is 5.51. The van der Waals surface area contributed by atoms with Gasteiger partial charge in [-0.25, -0.2) is 5.26 Å². The summed E-state index contributed by atoms with van der Waals surface area (Å²) in [5, 5.41) is 20.0. The van der Waals surface area contributed by atoms with Crippen LogP contribution in [-0.4, -0.2) is 53.9 Å². The molecule has 0 aromatic rings. The lowest BCUT2D eigenvalue weighted by molar-refractivity contribution is -0.391. The molecule has 2 heterocycles. The van der Waals surface area contributed by atoms with Gasteiger partial charge in [0.2, 0.25) is 0 Å². The van der Waals surface area contributed by atoms with Gasteiger partial charge in [0.1, 0.15) is 0 Å². The van der Waals surface area contributed by atoms with E-state index in [1.807, 2.05) is 6.08 Å². The molecule has 128 valence electrons. The van der Waals surface area contributed by atoms with Crippen molar-refractivity contribution in [2.45, 2.75) is 37.2 Å². The molecular formula is C18H21NO5. The number of methoxy groups -OCH3 is 1. The highest BCUT2D eigenvalue weighted by Crippen LogP contribution is 2.66. The summed E-state index contributed by atoms with van der Waals surface area (Å²) < 4.78 is 11.7. The summed E-state index contributed by atoms with van der Waals surface area (Å²) in [5.74, 6) is -0.473. The van der Waals surface area contributed by atoms with E-state index in [1.54, 1.807) is 0 Å². The van der Waals surface area contributed by atoms with Crippen molar-refractivity contribution < 1.29 is 24.7 Å². The van der Waals surface area contributed by atoms with Crippen LogP contribution in [0.5, 0.6) is 0 Å². The van der Waals surface area contributed by atoms with Crippen LogP contribution < -0.4 is 0 Å². The van der Waals surface area contributed by atoms with Gasteiger partial charge in [0.05, 0.1) is 5.41 Å². The molecule has 6 heteroatoms. The Balaban J connectivity index is 1.78. The molecular weight excluding hydrogens is 310 g/mol. The molecule has 3 aliphatic carbocycles. The normalized spacial score (nSPS) is 45.5. The molecule has 0 aromatic carbocycles. The Morgan fingerprint density at radius 2 is 2.29 bits per heavy atom. The molecule has 5 atom stereocenters. The summed E-state index contributed by atoms with van der Waals surface area (Å²) in [6.07, 6.45) is 5.79. The predicted octanol–water partition coefficient (Wildman–Crippen LogP) is 2.12. The lowest BCUT2D eigenvalue weighted by atomic mass is 9.52. The number of nitrogens with zero attached hydrogens (tertiary/aromatic N) is 1. The fourth-order valence-electron chi connectivity index (χ4n) is 5.51. The van der Waals surface area contributed by atoms with Crippen LogP contribution in [0.15, 0.2) is 40.5 Å². The highest BCUT2D eigenvalue weighted by Gasteiger charge is 2.67. The Bertz CT molecular complexity index is 743. The van der Waals surface area contributed by atoms with E-state index in [9.17, 15) is 10.4 Å². The van der Waals surface area contributed by atoms with E-state index in [-0.39, 0.29) is 17.1 Å². The van der Waals surface area contributed by atoms with E-state index < -0.39 is 11.9 Å². The van der Waals surface area contributed by atoms with Gasteiger partial charge in [-0.05, 0) is 38.1 Å². The molecule has 0 aromatic heterocycles. The van der Waals surface area contributed by atoms with E-state index in [4.69, 9.17) is 14.4 Å². The van der Waals surface area contributed by atoms with Crippen LogP contribution in [-0.2, 0) is 14.4 Å². The minimum Gasteiger partial charge on any atom is -0.501 e. The molecule has 2 bridgehead atoms. The molecule has 0 amide bonds. The molecule has 6 nitrogen and oxygen atoms in total. The number of rotatable bonds is 2. The second-order valence-electron chi connectivity index (χ2n) is 7.45. The monoisotopic (exact) mass is 331 g/mol. The number of hydrogen-bond donors (Lipinski definition) is 2. The van der Waals surface area contributed by atoms with Crippen LogP contribution >= 0.6 is 0 Å². The van der Waals surface area contributed by atoms with Crippen molar-refractivity contribution in [3.63, 3.8) is 0 Å². The largest absolute Gasteiger partial charge is 0.501 e. The first kappa shape index (κ1) is 14.8. The van der Waals surface area contributed by atoms with Crippen molar-refractivity contribution in [1.29, 1.82) is 0 Å². The van der Waals surface area contributed by atoms with Crippen molar-refractivity contribution in [3.05, 3.63) is 40.5 Å². The Morgan fingerprint density at radius 1 is 1.46 bits per heavy atom. The number of aliphatic hydroxyl groups is 1. The minimum absolute atomic E-state index is 0.119. The summed E-state index contributed by atoms with van der Waals surface area (Å²) in [6, 6.07) is 0.366. The van der Waals surface area contributed by atoms with Gasteiger partial charge in [-0.1, -0.05) is 11.8 Å². The summed E-state index contributed by atoms with van der Waals surface area (Å²) in [5.41, 5.74) is 4.97. The Morgan fingerprint density at radius 3 is 3.04 bits per heavy atom. The number of piperidine rings is 1. The SMILES string of the molecule is COC1(OO)CC=C2C[C@@H]3[C@@H]4C=C=C(O)[C@@H]5OC1=C2[C@@]54CCN3C. The molecule has 1 spiro atoms. The van der Waals surface area contributed by atoms with Gasteiger partial charge >= 0.3 is 0 Å². The fraction of sp³-hybridized carbons (Fsp3) is 0.611. The summed E-state index contributed by atoms with van der Waals surface area (Å²) >= 11 is 0. The van der Waals surface area contributed by atoms with Gasteiger partial charge in [0.25, 0.3) is 5.79 Å². The molecule has 5 aliphatic rings. The second kappa shape index (κ2) is 4.54. The first-order valence-corrected chi connectivity index (χ1v) is 8.42. The van der Waals surface area contributed by atoms with Gasteiger partial charge in [-0.2, -0.15) is 4.89 Å². The highest BCUT2D eigenvalue weighted by molar-refractivity contribution is 5.55. The number of ether oxygens (including phenoxy) is 2. The van der Waals surface area contributed by atoms with Crippen LogP contribution in [0, 0.1) is 11.3 Å². The third-order valence-electron chi connectivity index (χ3n) is 6.70. The zero-order valence-electron chi connectivity index (χ0n) is 13.8. The predicted molar refractivity (Wildman–Crippen MR) is 83.9 cm³/mol. The maximum atomic E-state index is 10.5. The third-order valence-corrected chi connectivity index (χ3v) is 6.70. The van der Waals surface area contributed by atoms with Gasteiger partial charge in [-0.15, -0.1) is 0 Å². The van der Waals surface area contributed by atoms with Gasteiger partial charge in [0.15, 0.2) is 17.6 Å². The zero-order chi connectivity index (χ0) is 16.7. The standard InChI is InChI=1S/C18H21NO5/c1-19-8-7-17-11-3-4-13(20)15(17)23-16-14(17)10(9-12(11)19)5-6-18(16,22-2)24-21/h3,5,11-12,15,20-21H,6-9H2,1-2H3/t11-,12+,15-,17-,18?/m0/s1. The molecule has 2 N–H and O–H groups in total. The van der Waals surface area contributed by atoms with Crippen molar-refractivity contribution in [2.75, 3.05) is 20.7 Å². The van der Waals surface area contributed by atoms with Gasteiger partial charge in [0, 0.05) is 31.1 Å². The van der Waals surface area contributed by atoms with Crippen molar-refractivity contribution in [3.8, 4) is 0 Å². The zero-order valence-corrected chi connectivity index (χ0v) is 13.8. The molecule has 1 unspecified atom stereocenters. The first-order valence-electron chi connectivity index (χ1n) is 8.42. The lowest BCUT2D eigenvalue weighted by Crippen LogP contribution is -2.60. The summed E-state index contributed by atoms with van der Waals surface area (Å²) in [7, 11) is 3.65. The molecule has 1 saturated heterocycles. The summed E-state index contributed by atoms with van der Waals surface area (Å²) in [4.78, 5) is 7.16. The summed E-state index contributed by atoms with van der Waals surface area (Å²) in [6.45, 7) is 0.937. The number of hydrogen-bond acceptors (Lipinski definition) is 6. The van der Waals surface area contributed by atoms with E-state index >= 15 is 0 Å². The highest BCUT2D eigenvalue weighted by atomic mass is 17.1. The Labute approximate surface area is 140 Å².